The van der Waals surface area contributed by atoms with Crippen molar-refractivity contribution in [3.63, 3.8) is 0 Å². The number of aromatic amines is 3. The number of H-pyrrole nitrogens is 3. The van der Waals surface area contributed by atoms with Crippen LogP contribution in [0.25, 0.3) is 44.2 Å². The average molecular weight is 436 g/mol. The highest BCUT2D eigenvalue weighted by molar-refractivity contribution is 5.97. The van der Waals surface area contributed by atoms with Crippen molar-refractivity contribution >= 4 is 33.0 Å². The van der Waals surface area contributed by atoms with Gasteiger partial charge in [-0.05, 0) is 29.3 Å². The third-order valence-electron chi connectivity index (χ3n) is 5.98. The van der Waals surface area contributed by atoms with Crippen LogP contribution in [0.15, 0.2) is 76.4 Å². The summed E-state index contributed by atoms with van der Waals surface area (Å²) in [6.45, 7) is 1.16. The molecule has 0 radical (unpaired) electrons. The summed E-state index contributed by atoms with van der Waals surface area (Å²) in [5, 5.41) is 0.949. The van der Waals surface area contributed by atoms with E-state index in [1.165, 1.54) is 0 Å². The third kappa shape index (κ3) is 3.24. The van der Waals surface area contributed by atoms with Crippen LogP contribution in [0.5, 0.6) is 0 Å². The fraction of sp³-hybridized carbons (Fsp3) is 0.0800. The van der Waals surface area contributed by atoms with E-state index in [2.05, 4.69) is 31.7 Å². The lowest BCUT2D eigenvalue weighted by Crippen LogP contribution is -2.11. The molecule has 3 aromatic heterocycles. The van der Waals surface area contributed by atoms with Crippen LogP contribution in [0.3, 0.4) is 0 Å². The summed E-state index contributed by atoms with van der Waals surface area (Å²) in [6, 6.07) is 19.7. The van der Waals surface area contributed by atoms with Gasteiger partial charge in [0.2, 0.25) is 0 Å². The van der Waals surface area contributed by atoms with E-state index >= 15 is 0 Å². The molecule has 0 saturated heterocycles. The van der Waals surface area contributed by atoms with E-state index in [0.717, 1.165) is 27.6 Å². The maximum Gasteiger partial charge on any atom is 0.323 e. The number of benzene rings is 3. The van der Waals surface area contributed by atoms with Crippen LogP contribution in [0, 0.1) is 0 Å². The van der Waals surface area contributed by atoms with Crippen LogP contribution in [0.2, 0.25) is 0 Å². The summed E-state index contributed by atoms with van der Waals surface area (Å²) in [5.41, 5.74) is 11.9. The van der Waals surface area contributed by atoms with Crippen LogP contribution in [-0.4, -0.2) is 24.5 Å². The molecule has 6 aromatic rings. The van der Waals surface area contributed by atoms with Gasteiger partial charge >= 0.3 is 5.69 Å². The normalized spacial score (nSPS) is 11.7. The SMILES string of the molecule is NCc1ccc(Cn2cc(-c3nc4cc5[nH]c(=O)[nH]c5cc4[nH]c3=O)c3ccccc32)cc1. The molecule has 0 aliphatic heterocycles. The van der Waals surface area contributed by atoms with Crippen molar-refractivity contribution in [2.45, 2.75) is 13.1 Å². The van der Waals surface area contributed by atoms with Crippen molar-refractivity contribution in [3.8, 4) is 11.3 Å². The molecule has 162 valence electrons. The second kappa shape index (κ2) is 7.32. The molecule has 0 aliphatic rings. The lowest BCUT2D eigenvalue weighted by Gasteiger charge is -2.06. The molecule has 3 aromatic carbocycles. The molecule has 0 bridgehead atoms. The Kier molecular flexibility index (Phi) is 4.27. The summed E-state index contributed by atoms with van der Waals surface area (Å²) in [5.74, 6) is 0. The number of hydrogen-bond donors (Lipinski definition) is 4. The van der Waals surface area contributed by atoms with Crippen LogP contribution >= 0.6 is 0 Å². The monoisotopic (exact) mass is 436 g/mol. The van der Waals surface area contributed by atoms with Gasteiger partial charge in [-0.15, -0.1) is 0 Å². The van der Waals surface area contributed by atoms with Gasteiger partial charge in [0.1, 0.15) is 5.69 Å². The topological polar surface area (TPSA) is 125 Å². The first-order valence-electron chi connectivity index (χ1n) is 10.6. The third-order valence-corrected chi connectivity index (χ3v) is 5.98. The second-order valence-corrected chi connectivity index (χ2v) is 8.12. The van der Waals surface area contributed by atoms with E-state index in [1.807, 2.05) is 42.6 Å². The molecule has 0 fully saturated rings. The van der Waals surface area contributed by atoms with E-state index in [-0.39, 0.29) is 11.2 Å². The molecule has 5 N–H and O–H groups in total. The highest BCUT2D eigenvalue weighted by Crippen LogP contribution is 2.29. The van der Waals surface area contributed by atoms with Gasteiger partial charge in [0, 0.05) is 35.8 Å². The van der Waals surface area contributed by atoms with Crippen molar-refractivity contribution in [1.82, 2.24) is 24.5 Å². The minimum atomic E-state index is -0.301. The largest absolute Gasteiger partial charge is 0.342 e. The predicted octanol–water partition coefficient (Wildman–Crippen LogP) is 3.22. The van der Waals surface area contributed by atoms with Crippen LogP contribution in [0.4, 0.5) is 0 Å². The zero-order chi connectivity index (χ0) is 22.5. The number of nitrogens with two attached hydrogens (primary N) is 1. The second-order valence-electron chi connectivity index (χ2n) is 8.12. The molecular formula is C25H20N6O2. The quantitative estimate of drug-likeness (QED) is 0.338. The summed E-state index contributed by atoms with van der Waals surface area (Å²) in [4.78, 5) is 37.7. The molecule has 0 amide bonds. The molecule has 8 heteroatoms. The molecule has 0 atom stereocenters. The predicted molar refractivity (Wildman–Crippen MR) is 129 cm³/mol. The van der Waals surface area contributed by atoms with E-state index < -0.39 is 0 Å². The Morgan fingerprint density at radius 2 is 1.58 bits per heavy atom. The van der Waals surface area contributed by atoms with Crippen LogP contribution in [-0.2, 0) is 13.1 Å². The van der Waals surface area contributed by atoms with E-state index in [9.17, 15) is 9.59 Å². The first-order valence-corrected chi connectivity index (χ1v) is 10.6. The number of nitrogens with zero attached hydrogens (tertiary/aromatic N) is 2. The smallest absolute Gasteiger partial charge is 0.323 e. The van der Waals surface area contributed by atoms with Gasteiger partial charge in [-0.3, -0.25) is 4.79 Å². The fourth-order valence-electron chi connectivity index (χ4n) is 4.34. The summed E-state index contributed by atoms with van der Waals surface area (Å²) in [6.07, 6.45) is 1.97. The Bertz CT molecular complexity index is 1770. The molecule has 8 nitrogen and oxygen atoms in total. The zero-order valence-corrected chi connectivity index (χ0v) is 17.6. The summed E-state index contributed by atoms with van der Waals surface area (Å²) >= 11 is 0. The standard InChI is InChI=1S/C25H20N6O2/c26-11-14-5-7-15(8-6-14)12-31-13-17(16-3-1-2-4-22(16)31)23-24(32)28-19-10-21-20(9-18(19)27-23)29-25(33)30-21/h1-10,13H,11-12,26H2,(H,28,32)(H2,29,30,33). The summed E-state index contributed by atoms with van der Waals surface area (Å²) < 4.78 is 2.13. The molecule has 6 rings (SSSR count). The van der Waals surface area contributed by atoms with Gasteiger partial charge in [0.05, 0.1) is 22.1 Å². The Labute approximate surface area is 186 Å². The van der Waals surface area contributed by atoms with Crippen molar-refractivity contribution in [3.05, 3.63) is 98.8 Å². The van der Waals surface area contributed by atoms with Crippen LogP contribution < -0.4 is 17.0 Å². The lowest BCUT2D eigenvalue weighted by atomic mass is 10.1. The Balaban J connectivity index is 1.51. The number of imidazole rings is 1. The minimum Gasteiger partial charge on any atom is -0.342 e. The highest BCUT2D eigenvalue weighted by atomic mass is 16.1. The summed E-state index contributed by atoms with van der Waals surface area (Å²) in [7, 11) is 0. The highest BCUT2D eigenvalue weighted by Gasteiger charge is 2.16. The molecule has 0 spiro atoms. The van der Waals surface area contributed by atoms with Crippen molar-refractivity contribution in [2.75, 3.05) is 0 Å². The number of hydrogen-bond acceptors (Lipinski definition) is 4. The van der Waals surface area contributed by atoms with Gasteiger partial charge in [0.25, 0.3) is 5.56 Å². The minimum absolute atomic E-state index is 0.282. The first-order chi connectivity index (χ1) is 16.1. The van der Waals surface area contributed by atoms with Gasteiger partial charge in [0.15, 0.2) is 0 Å². The van der Waals surface area contributed by atoms with Gasteiger partial charge < -0.3 is 25.3 Å². The number of fused-ring (bicyclic) bond motifs is 3. The Morgan fingerprint density at radius 3 is 2.36 bits per heavy atom. The van der Waals surface area contributed by atoms with E-state index in [1.54, 1.807) is 12.1 Å². The molecule has 0 saturated carbocycles. The number of aromatic nitrogens is 5. The Hall–Kier alpha value is -4.43. The molecule has 3 heterocycles. The number of nitrogens with one attached hydrogen (secondary N) is 3. The van der Waals surface area contributed by atoms with Crippen LogP contribution in [0.1, 0.15) is 11.1 Å². The van der Waals surface area contributed by atoms with Crippen molar-refractivity contribution in [1.29, 1.82) is 0 Å². The van der Waals surface area contributed by atoms with Gasteiger partial charge in [-0.25, -0.2) is 9.78 Å². The maximum atomic E-state index is 13.0. The van der Waals surface area contributed by atoms with Gasteiger partial charge in [-0.2, -0.15) is 0 Å². The van der Waals surface area contributed by atoms with E-state index in [0.29, 0.717) is 40.9 Å². The first kappa shape index (κ1) is 19.3. The number of para-hydroxylation sites is 1. The molecule has 0 aliphatic carbocycles. The number of rotatable bonds is 4. The molecule has 0 unspecified atom stereocenters. The van der Waals surface area contributed by atoms with Crippen molar-refractivity contribution < 1.29 is 0 Å². The molecular weight excluding hydrogens is 416 g/mol. The maximum absolute atomic E-state index is 13.0. The van der Waals surface area contributed by atoms with Gasteiger partial charge in [-0.1, -0.05) is 42.5 Å². The fourth-order valence-corrected chi connectivity index (χ4v) is 4.34. The lowest BCUT2D eigenvalue weighted by molar-refractivity contribution is 0.836. The van der Waals surface area contributed by atoms with E-state index in [4.69, 9.17) is 10.7 Å². The average Bonchev–Trinajstić information content (AvgIpc) is 3.37. The van der Waals surface area contributed by atoms with Crippen molar-refractivity contribution in [2.24, 2.45) is 5.73 Å². The zero-order valence-electron chi connectivity index (χ0n) is 17.6. The Morgan fingerprint density at radius 1 is 0.848 bits per heavy atom. The molecule has 33 heavy (non-hydrogen) atoms.